The van der Waals surface area contributed by atoms with E-state index in [1.165, 1.54) is 4.88 Å². The molecule has 0 bridgehead atoms. The molecule has 0 unspecified atom stereocenters. The molecule has 6 heteroatoms. The van der Waals surface area contributed by atoms with E-state index in [2.05, 4.69) is 10.6 Å². The maximum atomic E-state index is 11.6. The van der Waals surface area contributed by atoms with Gasteiger partial charge in [0.1, 0.15) is 0 Å². The Balaban J connectivity index is 1.69. The summed E-state index contributed by atoms with van der Waals surface area (Å²) in [6.45, 7) is 2.14. The standard InChI is InChI=1S/C14H14ClN3OS/c15-13-5-4-12(20-13)9-17-10-2-1-3-11(8-10)18-7-6-16-14(18)19/h1-5,8,17H,6-7,9H2,(H,16,19). The lowest BCUT2D eigenvalue weighted by Gasteiger charge is -2.15. The molecular weight excluding hydrogens is 294 g/mol. The van der Waals surface area contributed by atoms with Gasteiger partial charge in [-0.2, -0.15) is 0 Å². The number of hydrogen-bond donors (Lipinski definition) is 2. The number of hydrogen-bond acceptors (Lipinski definition) is 3. The molecule has 3 rings (SSSR count). The first kappa shape index (κ1) is 13.3. The third-order valence-corrected chi connectivity index (χ3v) is 4.34. The Morgan fingerprint density at radius 1 is 1.35 bits per heavy atom. The lowest BCUT2D eigenvalue weighted by molar-refractivity contribution is 0.252. The van der Waals surface area contributed by atoms with Crippen molar-refractivity contribution in [1.29, 1.82) is 0 Å². The summed E-state index contributed by atoms with van der Waals surface area (Å²) in [4.78, 5) is 14.6. The van der Waals surface area contributed by atoms with Gasteiger partial charge in [-0.1, -0.05) is 17.7 Å². The summed E-state index contributed by atoms with van der Waals surface area (Å²) in [7, 11) is 0. The van der Waals surface area contributed by atoms with Crippen molar-refractivity contribution in [3.63, 3.8) is 0 Å². The van der Waals surface area contributed by atoms with Gasteiger partial charge in [-0.15, -0.1) is 11.3 Å². The molecule has 104 valence electrons. The third kappa shape index (κ3) is 2.89. The highest BCUT2D eigenvalue weighted by atomic mass is 35.5. The molecule has 2 heterocycles. The minimum Gasteiger partial charge on any atom is -0.380 e. The maximum Gasteiger partial charge on any atom is 0.321 e. The average molecular weight is 308 g/mol. The van der Waals surface area contributed by atoms with Gasteiger partial charge in [0.15, 0.2) is 0 Å². The van der Waals surface area contributed by atoms with Gasteiger partial charge >= 0.3 is 6.03 Å². The zero-order valence-corrected chi connectivity index (χ0v) is 12.3. The minimum absolute atomic E-state index is 0.0350. The fraction of sp³-hybridized carbons (Fsp3) is 0.214. The van der Waals surface area contributed by atoms with E-state index >= 15 is 0 Å². The first-order valence-electron chi connectivity index (χ1n) is 6.36. The summed E-state index contributed by atoms with van der Waals surface area (Å²) in [6, 6.07) is 11.7. The molecule has 2 amide bonds. The quantitative estimate of drug-likeness (QED) is 0.907. The van der Waals surface area contributed by atoms with Crippen LogP contribution in [0.5, 0.6) is 0 Å². The Morgan fingerprint density at radius 2 is 2.25 bits per heavy atom. The van der Waals surface area contributed by atoms with Crippen molar-refractivity contribution in [3.05, 3.63) is 45.6 Å². The number of halogens is 1. The van der Waals surface area contributed by atoms with Crippen LogP contribution in [-0.2, 0) is 6.54 Å². The molecule has 0 atom stereocenters. The molecule has 1 aromatic heterocycles. The van der Waals surface area contributed by atoms with Crippen LogP contribution in [-0.4, -0.2) is 19.1 Å². The summed E-state index contributed by atoms with van der Waals surface area (Å²) >= 11 is 7.47. The van der Waals surface area contributed by atoms with Crippen molar-refractivity contribution >= 4 is 40.3 Å². The second kappa shape index (κ2) is 5.73. The van der Waals surface area contributed by atoms with Crippen LogP contribution in [0.3, 0.4) is 0 Å². The van der Waals surface area contributed by atoms with Crippen LogP contribution in [0.25, 0.3) is 0 Å². The fourth-order valence-electron chi connectivity index (χ4n) is 2.14. The average Bonchev–Trinajstić information content (AvgIpc) is 3.05. The highest BCUT2D eigenvalue weighted by Gasteiger charge is 2.20. The number of carbonyl (C=O) groups excluding carboxylic acids is 1. The van der Waals surface area contributed by atoms with Crippen LogP contribution < -0.4 is 15.5 Å². The van der Waals surface area contributed by atoms with Crippen LogP contribution in [0.2, 0.25) is 4.34 Å². The van der Waals surface area contributed by atoms with Crippen molar-refractivity contribution < 1.29 is 4.79 Å². The number of nitrogens with zero attached hydrogens (tertiary/aromatic N) is 1. The highest BCUT2D eigenvalue weighted by molar-refractivity contribution is 7.16. The van der Waals surface area contributed by atoms with E-state index in [1.54, 1.807) is 16.2 Å². The van der Waals surface area contributed by atoms with Crippen molar-refractivity contribution in [2.45, 2.75) is 6.54 Å². The number of nitrogens with one attached hydrogen (secondary N) is 2. The molecule has 1 fully saturated rings. The fourth-order valence-corrected chi connectivity index (χ4v) is 3.16. The van der Waals surface area contributed by atoms with Crippen LogP contribution in [0.1, 0.15) is 4.88 Å². The molecule has 1 aromatic carbocycles. The van der Waals surface area contributed by atoms with E-state index in [0.29, 0.717) is 13.1 Å². The molecule has 0 saturated carbocycles. The molecular formula is C14H14ClN3OS. The van der Waals surface area contributed by atoms with Crippen LogP contribution >= 0.6 is 22.9 Å². The largest absolute Gasteiger partial charge is 0.380 e. The second-order valence-corrected chi connectivity index (χ2v) is 6.29. The number of amides is 2. The lowest BCUT2D eigenvalue weighted by Crippen LogP contribution is -2.27. The summed E-state index contributed by atoms with van der Waals surface area (Å²) in [5.74, 6) is 0. The predicted octanol–water partition coefficient (Wildman–Crippen LogP) is 3.54. The number of rotatable bonds is 4. The van der Waals surface area contributed by atoms with Crippen molar-refractivity contribution in [2.24, 2.45) is 0 Å². The molecule has 2 aromatic rings. The summed E-state index contributed by atoms with van der Waals surface area (Å²) in [5.41, 5.74) is 1.90. The Bertz CT molecular complexity index is 628. The molecule has 20 heavy (non-hydrogen) atoms. The molecule has 2 N–H and O–H groups in total. The van der Waals surface area contributed by atoms with E-state index < -0.39 is 0 Å². The molecule has 1 aliphatic rings. The lowest BCUT2D eigenvalue weighted by atomic mass is 10.2. The normalized spacial score (nSPS) is 14.4. The SMILES string of the molecule is O=C1NCCN1c1cccc(NCc2ccc(Cl)s2)c1. The van der Waals surface area contributed by atoms with Gasteiger partial charge in [-0.3, -0.25) is 4.90 Å². The van der Waals surface area contributed by atoms with Gasteiger partial charge in [0.2, 0.25) is 0 Å². The summed E-state index contributed by atoms with van der Waals surface area (Å²) in [5, 5.41) is 6.15. The second-order valence-electron chi connectivity index (χ2n) is 4.49. The predicted molar refractivity (Wildman–Crippen MR) is 83.8 cm³/mol. The molecule has 0 spiro atoms. The Kier molecular flexibility index (Phi) is 3.80. The summed E-state index contributed by atoms with van der Waals surface area (Å²) < 4.78 is 0.796. The van der Waals surface area contributed by atoms with Gasteiger partial charge in [0, 0.05) is 35.9 Å². The van der Waals surface area contributed by atoms with Gasteiger partial charge < -0.3 is 10.6 Å². The topological polar surface area (TPSA) is 44.4 Å². The smallest absolute Gasteiger partial charge is 0.321 e. The first-order valence-corrected chi connectivity index (χ1v) is 7.55. The van der Waals surface area contributed by atoms with E-state index in [1.807, 2.05) is 36.4 Å². The number of anilines is 2. The monoisotopic (exact) mass is 307 g/mol. The van der Waals surface area contributed by atoms with Crippen LogP contribution in [0.4, 0.5) is 16.2 Å². The Morgan fingerprint density at radius 3 is 2.95 bits per heavy atom. The zero-order valence-electron chi connectivity index (χ0n) is 10.7. The Hall–Kier alpha value is -1.72. The van der Waals surface area contributed by atoms with E-state index in [0.717, 1.165) is 22.3 Å². The van der Waals surface area contributed by atoms with Gasteiger partial charge in [0.25, 0.3) is 0 Å². The van der Waals surface area contributed by atoms with E-state index in [-0.39, 0.29) is 6.03 Å². The minimum atomic E-state index is -0.0350. The van der Waals surface area contributed by atoms with Crippen LogP contribution in [0, 0.1) is 0 Å². The maximum absolute atomic E-state index is 11.6. The Labute approximate surface area is 126 Å². The van der Waals surface area contributed by atoms with Gasteiger partial charge in [0.05, 0.1) is 4.34 Å². The third-order valence-electron chi connectivity index (χ3n) is 3.11. The van der Waals surface area contributed by atoms with Crippen molar-refractivity contribution in [3.8, 4) is 0 Å². The van der Waals surface area contributed by atoms with Gasteiger partial charge in [-0.05, 0) is 30.3 Å². The van der Waals surface area contributed by atoms with E-state index in [9.17, 15) is 4.79 Å². The van der Waals surface area contributed by atoms with Crippen LogP contribution in [0.15, 0.2) is 36.4 Å². The molecule has 0 radical (unpaired) electrons. The molecule has 4 nitrogen and oxygen atoms in total. The first-order chi connectivity index (χ1) is 9.72. The summed E-state index contributed by atoms with van der Waals surface area (Å²) in [6.07, 6.45) is 0. The van der Waals surface area contributed by atoms with E-state index in [4.69, 9.17) is 11.6 Å². The number of thiophene rings is 1. The zero-order chi connectivity index (χ0) is 13.9. The molecule has 1 saturated heterocycles. The highest BCUT2D eigenvalue weighted by Crippen LogP contribution is 2.24. The van der Waals surface area contributed by atoms with Crippen molar-refractivity contribution in [2.75, 3.05) is 23.3 Å². The van der Waals surface area contributed by atoms with Gasteiger partial charge in [-0.25, -0.2) is 4.79 Å². The molecule has 1 aliphatic heterocycles. The number of carbonyl (C=O) groups is 1. The number of benzene rings is 1. The number of urea groups is 1. The van der Waals surface area contributed by atoms with Crippen molar-refractivity contribution in [1.82, 2.24) is 5.32 Å². The molecule has 0 aliphatic carbocycles.